The molecule has 0 saturated carbocycles. The van der Waals surface area contributed by atoms with Gasteiger partial charge in [-0.15, -0.1) is 0 Å². The molecule has 0 aliphatic heterocycles. The van der Waals surface area contributed by atoms with Crippen LogP contribution in [0.3, 0.4) is 0 Å². The number of nitrogens with two attached hydrogens (primary N) is 1. The van der Waals surface area contributed by atoms with Crippen LogP contribution >= 0.6 is 0 Å². The maximum Gasteiger partial charge on any atom is 0.0572 e. The van der Waals surface area contributed by atoms with Gasteiger partial charge in [0.15, 0.2) is 0 Å². The van der Waals surface area contributed by atoms with Crippen LogP contribution in [0.1, 0.15) is 6.92 Å². The van der Waals surface area contributed by atoms with Gasteiger partial charge in [-0.3, -0.25) is 5.84 Å². The minimum absolute atomic E-state index is 0.128. The molecule has 0 aliphatic carbocycles. The predicted molar refractivity (Wildman–Crippen MR) is 41.4 cm³/mol. The Balaban J connectivity index is 2.97. The van der Waals surface area contributed by atoms with Crippen LogP contribution < -0.4 is 11.2 Å². The van der Waals surface area contributed by atoms with Crippen LogP contribution in [0.25, 0.3) is 0 Å². The van der Waals surface area contributed by atoms with Gasteiger partial charge in [0.2, 0.25) is 0 Å². The van der Waals surface area contributed by atoms with E-state index in [2.05, 4.69) is 5.32 Å². The molecule has 4 N–H and O–H groups in total. The van der Waals surface area contributed by atoms with E-state index in [1.807, 2.05) is 6.92 Å². The molecule has 10 heavy (non-hydrogen) atoms. The van der Waals surface area contributed by atoms with Crippen LogP contribution in [0.4, 0.5) is 0 Å². The second-order valence-corrected chi connectivity index (χ2v) is 2.11. The van der Waals surface area contributed by atoms with Crippen molar-refractivity contribution in [2.45, 2.75) is 6.92 Å². The minimum Gasteiger partial charge on any atom is -0.395 e. The van der Waals surface area contributed by atoms with Gasteiger partial charge in [-0.25, -0.2) is 5.01 Å². The Morgan fingerprint density at radius 1 is 1.50 bits per heavy atom. The number of aliphatic hydroxyl groups is 1. The number of nitrogens with zero attached hydrogens (tertiary/aromatic N) is 1. The molecular formula is C6H17N3O. The fraction of sp³-hybridized carbons (Fsp3) is 1.00. The summed E-state index contributed by atoms with van der Waals surface area (Å²) in [6.45, 7) is 5.36. The molecule has 0 bridgehead atoms. The summed E-state index contributed by atoms with van der Waals surface area (Å²) >= 11 is 0. The molecule has 0 fully saturated rings. The van der Waals surface area contributed by atoms with Gasteiger partial charge in [-0.05, 0) is 6.54 Å². The number of hydrogen-bond donors (Lipinski definition) is 3. The average molecular weight is 147 g/mol. The van der Waals surface area contributed by atoms with Crippen molar-refractivity contribution in [3.8, 4) is 0 Å². The van der Waals surface area contributed by atoms with Crippen LogP contribution in [0.2, 0.25) is 0 Å². The van der Waals surface area contributed by atoms with Gasteiger partial charge in [0.25, 0.3) is 0 Å². The molecule has 0 rings (SSSR count). The lowest BCUT2D eigenvalue weighted by atomic mass is 10.5. The lowest BCUT2D eigenvalue weighted by Gasteiger charge is -2.13. The maximum atomic E-state index is 8.45. The van der Waals surface area contributed by atoms with E-state index in [1.54, 1.807) is 5.01 Å². The number of hydrazine groups is 1. The second kappa shape index (κ2) is 6.95. The van der Waals surface area contributed by atoms with Crippen molar-refractivity contribution in [2.75, 3.05) is 32.8 Å². The Morgan fingerprint density at radius 3 is 2.70 bits per heavy atom. The second-order valence-electron chi connectivity index (χ2n) is 2.11. The first-order chi connectivity index (χ1) is 4.81. The van der Waals surface area contributed by atoms with E-state index >= 15 is 0 Å². The molecule has 0 aromatic heterocycles. The summed E-state index contributed by atoms with van der Waals surface area (Å²) in [7, 11) is 0. The molecule has 4 nitrogen and oxygen atoms in total. The highest BCUT2D eigenvalue weighted by molar-refractivity contribution is 4.49. The Hall–Kier alpha value is -0.160. The van der Waals surface area contributed by atoms with Crippen molar-refractivity contribution in [1.82, 2.24) is 10.3 Å². The Bertz CT molecular complexity index is 70.0. The summed E-state index contributed by atoms with van der Waals surface area (Å²) in [6, 6.07) is 0. The highest BCUT2D eigenvalue weighted by atomic mass is 16.3. The van der Waals surface area contributed by atoms with E-state index < -0.39 is 0 Å². The van der Waals surface area contributed by atoms with Crippen molar-refractivity contribution < 1.29 is 5.11 Å². The monoisotopic (exact) mass is 147 g/mol. The molecule has 0 atom stereocenters. The quantitative estimate of drug-likeness (QED) is 0.250. The van der Waals surface area contributed by atoms with Crippen LogP contribution in [-0.2, 0) is 0 Å². The van der Waals surface area contributed by atoms with E-state index in [-0.39, 0.29) is 6.61 Å². The third kappa shape index (κ3) is 5.97. The minimum atomic E-state index is 0.128. The van der Waals surface area contributed by atoms with Gasteiger partial charge in [0, 0.05) is 19.6 Å². The Labute approximate surface area is 62.0 Å². The molecule has 0 aromatic rings. The standard InChI is InChI=1S/C6H17N3O/c1-2-8-3-4-9(7)5-6-10/h8,10H,2-7H2,1H3. The Kier molecular flexibility index (Phi) is 6.84. The van der Waals surface area contributed by atoms with Crippen LogP contribution in [-0.4, -0.2) is 42.9 Å². The molecule has 0 heterocycles. The first-order valence-electron chi connectivity index (χ1n) is 3.62. The molecule has 0 aliphatic rings. The van der Waals surface area contributed by atoms with Gasteiger partial charge in [0.05, 0.1) is 6.61 Å². The van der Waals surface area contributed by atoms with Gasteiger partial charge in [-0.2, -0.15) is 0 Å². The third-order valence-electron chi connectivity index (χ3n) is 1.21. The summed E-state index contributed by atoms with van der Waals surface area (Å²) in [6.07, 6.45) is 0. The van der Waals surface area contributed by atoms with Crippen LogP contribution in [0, 0.1) is 0 Å². The molecule has 4 heteroatoms. The van der Waals surface area contributed by atoms with Crippen molar-refractivity contribution in [2.24, 2.45) is 5.84 Å². The topological polar surface area (TPSA) is 61.5 Å². The fourth-order valence-electron chi connectivity index (χ4n) is 0.640. The summed E-state index contributed by atoms with van der Waals surface area (Å²) in [4.78, 5) is 0. The molecule has 0 spiro atoms. The maximum absolute atomic E-state index is 8.45. The smallest absolute Gasteiger partial charge is 0.0572 e. The van der Waals surface area contributed by atoms with Crippen molar-refractivity contribution in [3.05, 3.63) is 0 Å². The summed E-state index contributed by atoms with van der Waals surface area (Å²) < 4.78 is 0. The van der Waals surface area contributed by atoms with E-state index in [4.69, 9.17) is 10.9 Å². The lowest BCUT2D eigenvalue weighted by Crippen LogP contribution is -2.39. The zero-order chi connectivity index (χ0) is 7.82. The molecule has 62 valence electrons. The van der Waals surface area contributed by atoms with E-state index in [9.17, 15) is 0 Å². The molecule has 0 amide bonds. The van der Waals surface area contributed by atoms with Crippen LogP contribution in [0.15, 0.2) is 0 Å². The SMILES string of the molecule is CCNCCN(N)CCO. The zero-order valence-electron chi connectivity index (χ0n) is 6.51. The van der Waals surface area contributed by atoms with Gasteiger partial charge in [-0.1, -0.05) is 6.92 Å². The van der Waals surface area contributed by atoms with E-state index in [0.717, 1.165) is 19.6 Å². The number of likely N-dealkylation sites (N-methyl/N-ethyl adjacent to an activating group) is 1. The highest BCUT2D eigenvalue weighted by Gasteiger charge is 1.94. The zero-order valence-corrected chi connectivity index (χ0v) is 6.51. The van der Waals surface area contributed by atoms with E-state index in [1.165, 1.54) is 0 Å². The highest BCUT2D eigenvalue weighted by Crippen LogP contribution is 1.73. The van der Waals surface area contributed by atoms with Crippen molar-refractivity contribution in [1.29, 1.82) is 0 Å². The molecule has 0 unspecified atom stereocenters. The number of rotatable bonds is 6. The fourth-order valence-corrected chi connectivity index (χ4v) is 0.640. The number of aliphatic hydroxyl groups excluding tert-OH is 1. The molecular weight excluding hydrogens is 130 g/mol. The van der Waals surface area contributed by atoms with E-state index in [0.29, 0.717) is 6.54 Å². The summed E-state index contributed by atoms with van der Waals surface area (Å²) in [5.41, 5.74) is 0. The number of nitrogens with one attached hydrogen (secondary N) is 1. The van der Waals surface area contributed by atoms with Crippen molar-refractivity contribution in [3.63, 3.8) is 0 Å². The van der Waals surface area contributed by atoms with Crippen molar-refractivity contribution >= 4 is 0 Å². The Morgan fingerprint density at radius 2 is 2.20 bits per heavy atom. The predicted octanol–water partition coefficient (Wildman–Crippen LogP) is -1.24. The molecule has 0 saturated heterocycles. The largest absolute Gasteiger partial charge is 0.395 e. The molecule has 0 aromatic carbocycles. The lowest BCUT2D eigenvalue weighted by molar-refractivity contribution is 0.199. The van der Waals surface area contributed by atoms with Gasteiger partial charge >= 0.3 is 0 Å². The summed E-state index contributed by atoms with van der Waals surface area (Å²) in [5.74, 6) is 5.46. The normalized spacial score (nSPS) is 10.8. The third-order valence-corrected chi connectivity index (χ3v) is 1.21. The number of hydrogen-bond acceptors (Lipinski definition) is 4. The summed E-state index contributed by atoms with van der Waals surface area (Å²) in [5, 5.41) is 13.2. The average Bonchev–Trinajstić information content (AvgIpc) is 1.89. The molecule has 0 radical (unpaired) electrons. The van der Waals surface area contributed by atoms with Gasteiger partial charge < -0.3 is 10.4 Å². The first kappa shape index (κ1) is 9.84. The first-order valence-corrected chi connectivity index (χ1v) is 3.62. The van der Waals surface area contributed by atoms with Gasteiger partial charge in [0.1, 0.15) is 0 Å². The van der Waals surface area contributed by atoms with Crippen LogP contribution in [0.5, 0.6) is 0 Å².